The Balaban J connectivity index is 1.20. The molecule has 4 aromatic heterocycles. The van der Waals surface area contributed by atoms with Crippen molar-refractivity contribution in [1.82, 2.24) is 18.7 Å². The Morgan fingerprint density at radius 2 is 0.833 bits per heavy atom. The Bertz CT molecular complexity index is 3880. The smallest absolute Gasteiger partial charge is 0.254 e. The van der Waals surface area contributed by atoms with Crippen LogP contribution in [0.2, 0.25) is 0 Å². The number of rotatable bonds is 1. The van der Waals surface area contributed by atoms with E-state index in [1.807, 2.05) is 0 Å². The van der Waals surface area contributed by atoms with Crippen molar-refractivity contribution in [2.45, 2.75) is 169 Å². The molecule has 0 bridgehead atoms. The van der Waals surface area contributed by atoms with Crippen molar-refractivity contribution in [2.24, 2.45) is 0 Å². The summed E-state index contributed by atoms with van der Waals surface area (Å²) in [6, 6.07) is 37.5. The lowest BCUT2D eigenvalue weighted by Gasteiger charge is -2.42. The van der Waals surface area contributed by atoms with Crippen molar-refractivity contribution in [3.8, 4) is 17.3 Å². The molecule has 0 spiro atoms. The molecule has 4 aliphatic rings. The average Bonchev–Trinajstić information content (AvgIpc) is 3.93. The highest BCUT2D eigenvalue weighted by atomic mass is 15.2. The van der Waals surface area contributed by atoms with Crippen molar-refractivity contribution in [1.29, 1.82) is 0 Å². The SMILES string of the molecule is Cc1cc2c3c(c1)c1cc(C(C)(C)C)ccc1n3-c1cc(-n3c4cc5c(cc4c4cc6c(cc43)C(C)(C)CCC6(C)C)C(C)(C)CCC5(C)C)nc3c1B2c1cc(C)cc2c4cc(C(C)(C)C)ccc4n-3c12. The van der Waals surface area contributed by atoms with Gasteiger partial charge in [0.2, 0.25) is 0 Å². The molecule has 0 unspecified atom stereocenters. The van der Waals surface area contributed by atoms with Gasteiger partial charge in [0.05, 0.1) is 27.6 Å². The Morgan fingerprint density at radius 3 is 1.28 bits per heavy atom. The van der Waals surface area contributed by atoms with Gasteiger partial charge < -0.3 is 4.57 Å². The summed E-state index contributed by atoms with van der Waals surface area (Å²) < 4.78 is 7.85. The molecule has 2 aliphatic heterocycles. The van der Waals surface area contributed by atoms with Crippen LogP contribution in [0, 0.1) is 13.8 Å². The Kier molecular flexibility index (Phi) is 8.40. The number of aryl methyl sites for hydroxylation is 2. The van der Waals surface area contributed by atoms with E-state index in [9.17, 15) is 0 Å². The first kappa shape index (κ1) is 44.6. The highest BCUT2D eigenvalue weighted by Crippen LogP contribution is 2.52. The normalized spacial score (nSPS) is 18.2. The van der Waals surface area contributed by atoms with E-state index >= 15 is 0 Å². The van der Waals surface area contributed by atoms with Crippen LogP contribution in [-0.4, -0.2) is 25.4 Å². The molecule has 5 heteroatoms. The zero-order valence-electron chi connectivity index (χ0n) is 45.9. The summed E-state index contributed by atoms with van der Waals surface area (Å²) in [5.41, 5.74) is 24.4. The van der Waals surface area contributed by atoms with Gasteiger partial charge in [-0.2, -0.15) is 0 Å². The molecule has 14 rings (SSSR count). The second-order valence-electron chi connectivity index (χ2n) is 28.0. The molecule has 0 radical (unpaired) electrons. The van der Waals surface area contributed by atoms with E-state index < -0.39 is 0 Å². The predicted molar refractivity (Wildman–Crippen MR) is 309 cm³/mol. The maximum absolute atomic E-state index is 6.23. The Labute approximate surface area is 426 Å². The fourth-order valence-electron chi connectivity index (χ4n) is 14.6. The first-order chi connectivity index (χ1) is 33.7. The lowest BCUT2D eigenvalue weighted by molar-refractivity contribution is 0.332. The third-order valence-electron chi connectivity index (χ3n) is 19.1. The van der Waals surface area contributed by atoms with Crippen LogP contribution >= 0.6 is 0 Å². The second kappa shape index (κ2) is 13.6. The number of benzene rings is 6. The van der Waals surface area contributed by atoms with Crippen molar-refractivity contribution >= 4 is 88.5 Å². The predicted octanol–water partition coefficient (Wildman–Crippen LogP) is 15.4. The summed E-state index contributed by atoms with van der Waals surface area (Å²) in [5.74, 6) is 2.03. The van der Waals surface area contributed by atoms with Crippen molar-refractivity contribution < 1.29 is 0 Å². The standard InChI is InChI=1S/C67H71BN4/c1-36-25-44-40-29-38(62(3,4)5)17-19-52(40)71-56-35-57(69-61-58(56)68(50(27-36)59(44)71)51-28-37(2)26-45-41-30-39(63(6,7)8)18-20-53(41)72(61)60(45)51)70-54-33-48-46(64(9,10)21-23-66(48,13)14)31-42(54)43-32-47-49(34-55(43)70)67(15,16)24-22-65(47,11)12/h17-20,25-35H,21-24H2,1-16H3. The molecule has 0 fully saturated rings. The van der Waals surface area contributed by atoms with Crippen LogP contribution in [0.3, 0.4) is 0 Å². The van der Waals surface area contributed by atoms with Gasteiger partial charge in [-0.05, 0) is 182 Å². The minimum absolute atomic E-state index is 0.00222. The van der Waals surface area contributed by atoms with Gasteiger partial charge in [-0.3, -0.25) is 9.13 Å². The van der Waals surface area contributed by atoms with Crippen LogP contribution in [-0.2, 0) is 32.5 Å². The van der Waals surface area contributed by atoms with Gasteiger partial charge in [-0.15, -0.1) is 0 Å². The third-order valence-corrected chi connectivity index (χ3v) is 19.1. The number of hydrogen-bond acceptors (Lipinski definition) is 1. The van der Waals surface area contributed by atoms with Gasteiger partial charge in [0.25, 0.3) is 6.71 Å². The number of nitrogens with zero attached hydrogens (tertiary/aromatic N) is 4. The summed E-state index contributed by atoms with van der Waals surface area (Å²) >= 11 is 0. The number of aromatic nitrogens is 4. The largest absolute Gasteiger partial charge is 0.310 e. The summed E-state index contributed by atoms with van der Waals surface area (Å²) in [4.78, 5) is 6.23. The van der Waals surface area contributed by atoms with E-state index in [1.54, 1.807) is 0 Å². The minimum Gasteiger partial charge on any atom is -0.310 e. The zero-order valence-corrected chi connectivity index (χ0v) is 45.9. The lowest BCUT2D eigenvalue weighted by atomic mass is 9.34. The third kappa shape index (κ3) is 5.75. The molecular weight excluding hydrogens is 872 g/mol. The van der Waals surface area contributed by atoms with E-state index in [4.69, 9.17) is 4.98 Å². The van der Waals surface area contributed by atoms with Crippen molar-refractivity contribution in [3.63, 3.8) is 0 Å². The maximum Gasteiger partial charge on any atom is 0.254 e. The molecular formula is C67H71BN4. The Hall–Kier alpha value is -6.07. The van der Waals surface area contributed by atoms with Crippen LogP contribution in [0.1, 0.15) is 167 Å². The summed E-state index contributed by atoms with van der Waals surface area (Å²) in [6.45, 7) is 38.5. The molecule has 6 aromatic carbocycles. The highest BCUT2D eigenvalue weighted by molar-refractivity contribution is 7.00. The van der Waals surface area contributed by atoms with E-state index in [-0.39, 0.29) is 39.2 Å². The van der Waals surface area contributed by atoms with Crippen molar-refractivity contribution in [2.75, 3.05) is 0 Å². The number of fused-ring (bicyclic) bond motifs is 15. The zero-order chi connectivity index (χ0) is 50.5. The monoisotopic (exact) mass is 943 g/mol. The topological polar surface area (TPSA) is 27.7 Å². The van der Waals surface area contributed by atoms with Gasteiger partial charge >= 0.3 is 0 Å². The van der Waals surface area contributed by atoms with Crippen LogP contribution in [0.4, 0.5) is 0 Å². The lowest BCUT2D eigenvalue weighted by Crippen LogP contribution is -2.60. The molecule has 72 heavy (non-hydrogen) atoms. The fourth-order valence-corrected chi connectivity index (χ4v) is 14.6. The van der Waals surface area contributed by atoms with Gasteiger partial charge in [0.15, 0.2) is 0 Å². The maximum atomic E-state index is 6.23. The highest BCUT2D eigenvalue weighted by Gasteiger charge is 2.44. The number of pyridine rings is 1. The molecule has 0 saturated heterocycles. The summed E-state index contributed by atoms with van der Waals surface area (Å²) in [5, 5.41) is 7.98. The summed E-state index contributed by atoms with van der Waals surface area (Å²) in [6.07, 6.45) is 4.69. The van der Waals surface area contributed by atoms with E-state index in [0.29, 0.717) is 0 Å². The molecule has 10 aromatic rings. The van der Waals surface area contributed by atoms with Crippen LogP contribution in [0.25, 0.3) is 82.7 Å². The van der Waals surface area contributed by atoms with Crippen LogP contribution < -0.4 is 16.4 Å². The van der Waals surface area contributed by atoms with Crippen LogP contribution in [0.5, 0.6) is 0 Å². The fraction of sp³-hybridized carbons (Fsp3) is 0.388. The molecule has 6 heterocycles. The van der Waals surface area contributed by atoms with Gasteiger partial charge in [-0.1, -0.05) is 132 Å². The summed E-state index contributed by atoms with van der Waals surface area (Å²) in [7, 11) is 0. The van der Waals surface area contributed by atoms with Crippen molar-refractivity contribution in [3.05, 3.63) is 136 Å². The van der Waals surface area contributed by atoms with E-state index in [0.717, 1.165) is 24.5 Å². The first-order valence-electron chi connectivity index (χ1n) is 27.2. The molecule has 4 nitrogen and oxygen atoms in total. The number of hydrogen-bond donors (Lipinski definition) is 0. The average molecular weight is 943 g/mol. The Morgan fingerprint density at radius 1 is 0.431 bits per heavy atom. The first-order valence-corrected chi connectivity index (χ1v) is 27.2. The van der Waals surface area contributed by atoms with Crippen LogP contribution in [0.15, 0.2) is 91.0 Å². The molecule has 0 N–H and O–H groups in total. The minimum atomic E-state index is 0.00222. The van der Waals surface area contributed by atoms with E-state index in [2.05, 4.69) is 215 Å². The molecule has 0 atom stereocenters. The molecule has 2 aliphatic carbocycles. The second-order valence-corrected chi connectivity index (χ2v) is 28.0. The molecule has 0 amide bonds. The molecule has 362 valence electrons. The van der Waals surface area contributed by atoms with Gasteiger partial charge in [0.1, 0.15) is 11.6 Å². The molecule has 0 saturated carbocycles. The van der Waals surface area contributed by atoms with Gasteiger partial charge in [0, 0.05) is 49.6 Å². The van der Waals surface area contributed by atoms with E-state index in [1.165, 1.54) is 145 Å². The van der Waals surface area contributed by atoms with Gasteiger partial charge in [-0.25, -0.2) is 4.98 Å². The quantitative estimate of drug-likeness (QED) is 0.151.